The summed E-state index contributed by atoms with van der Waals surface area (Å²) in [6, 6.07) is -0.525. The molecule has 0 aromatic heterocycles. The van der Waals surface area contributed by atoms with Crippen LogP contribution in [0.1, 0.15) is 20.3 Å². The first-order chi connectivity index (χ1) is 4.63. The number of hydrogen-bond acceptors (Lipinski definition) is 3. The van der Waals surface area contributed by atoms with Gasteiger partial charge in [-0.3, -0.25) is 4.79 Å². The molecule has 0 aromatic carbocycles. The van der Waals surface area contributed by atoms with Gasteiger partial charge in [-0.05, 0) is 5.92 Å². The maximum Gasteiger partial charge on any atom is 0.323 e. The summed E-state index contributed by atoms with van der Waals surface area (Å²) < 4.78 is 4.22. The van der Waals surface area contributed by atoms with Gasteiger partial charge >= 0.3 is 5.97 Å². The number of hydrogen-bond donors (Lipinski definition) is 1. The molecule has 0 fully saturated rings. The first-order valence-corrected chi connectivity index (χ1v) is 3.34. The Bertz CT molecular complexity index is 114. The molecule has 2 N–H and O–H groups in total. The third-order valence-electron chi connectivity index (χ3n) is 1.67. The molecule has 2 atom stereocenters. The molecule has 3 nitrogen and oxygen atoms in total. The van der Waals surface area contributed by atoms with E-state index in [1.165, 1.54) is 0 Å². The van der Waals surface area contributed by atoms with Gasteiger partial charge in [0.05, 0.1) is 0 Å². The molecule has 0 aliphatic carbocycles. The van der Waals surface area contributed by atoms with Crippen molar-refractivity contribution in [2.24, 2.45) is 11.7 Å². The molecule has 10 heavy (non-hydrogen) atoms. The van der Waals surface area contributed by atoms with Gasteiger partial charge in [0, 0.05) is 0 Å². The number of esters is 1. The van der Waals surface area contributed by atoms with Crippen molar-refractivity contribution in [1.29, 1.82) is 0 Å². The van der Waals surface area contributed by atoms with Crippen molar-refractivity contribution in [1.82, 2.24) is 0 Å². The van der Waals surface area contributed by atoms with E-state index in [-0.39, 0.29) is 5.92 Å². The van der Waals surface area contributed by atoms with Gasteiger partial charge in [0.25, 0.3) is 0 Å². The van der Waals surface area contributed by atoms with Gasteiger partial charge in [-0.1, -0.05) is 20.3 Å². The van der Waals surface area contributed by atoms with Gasteiger partial charge in [0.15, 0.2) is 0 Å². The van der Waals surface area contributed by atoms with Crippen LogP contribution in [0.2, 0.25) is 0 Å². The summed E-state index contributed by atoms with van der Waals surface area (Å²) in [7, 11) is 2.99. The van der Waals surface area contributed by atoms with E-state index in [2.05, 4.69) is 11.8 Å². The largest absolute Gasteiger partial charge is 0.461 e. The fourth-order valence-corrected chi connectivity index (χ4v) is 0.582. The summed E-state index contributed by atoms with van der Waals surface area (Å²) in [4.78, 5) is 10.7. The SMILES string of the molecule is [CH2]OC(=O)C(N)C(C)CC. The summed E-state index contributed by atoms with van der Waals surface area (Å²) in [6.45, 7) is 3.88. The highest BCUT2D eigenvalue weighted by Gasteiger charge is 2.19. The second-order valence-corrected chi connectivity index (χ2v) is 2.37. The monoisotopic (exact) mass is 144 g/mol. The smallest absolute Gasteiger partial charge is 0.323 e. The van der Waals surface area contributed by atoms with Crippen molar-refractivity contribution in [3.05, 3.63) is 7.11 Å². The molecule has 0 spiro atoms. The molecule has 0 aliphatic heterocycles. The summed E-state index contributed by atoms with van der Waals surface area (Å²) >= 11 is 0. The highest BCUT2D eigenvalue weighted by Crippen LogP contribution is 2.05. The lowest BCUT2D eigenvalue weighted by molar-refractivity contribution is -0.141. The molecule has 2 unspecified atom stereocenters. The standard InChI is InChI=1S/C7H14NO2/c1-4-5(2)6(8)7(9)10-3/h5-6H,3-4,8H2,1-2H3. The van der Waals surface area contributed by atoms with Gasteiger partial charge in [0.2, 0.25) is 0 Å². The topological polar surface area (TPSA) is 52.3 Å². The van der Waals surface area contributed by atoms with E-state index in [1.807, 2.05) is 13.8 Å². The van der Waals surface area contributed by atoms with E-state index in [1.54, 1.807) is 0 Å². The first kappa shape index (κ1) is 9.43. The van der Waals surface area contributed by atoms with Crippen molar-refractivity contribution in [3.8, 4) is 0 Å². The first-order valence-electron chi connectivity index (χ1n) is 3.34. The van der Waals surface area contributed by atoms with E-state index in [0.717, 1.165) is 6.42 Å². The highest BCUT2D eigenvalue weighted by molar-refractivity contribution is 5.75. The van der Waals surface area contributed by atoms with Gasteiger partial charge in [-0.25, -0.2) is 0 Å². The maximum atomic E-state index is 10.7. The second-order valence-electron chi connectivity index (χ2n) is 2.37. The minimum atomic E-state index is -0.525. The van der Waals surface area contributed by atoms with Crippen LogP contribution in [0.25, 0.3) is 0 Å². The van der Waals surface area contributed by atoms with E-state index >= 15 is 0 Å². The molecule has 59 valence electrons. The van der Waals surface area contributed by atoms with E-state index in [0.29, 0.717) is 0 Å². The van der Waals surface area contributed by atoms with Crippen LogP contribution in [0.4, 0.5) is 0 Å². The second kappa shape index (κ2) is 4.28. The average Bonchev–Trinajstić information content (AvgIpc) is 2.00. The average molecular weight is 144 g/mol. The Kier molecular flexibility index (Phi) is 4.03. The van der Waals surface area contributed by atoms with Crippen molar-refractivity contribution in [2.75, 3.05) is 0 Å². The number of carbonyl (C=O) groups excluding carboxylic acids is 1. The zero-order valence-electron chi connectivity index (χ0n) is 6.46. The van der Waals surface area contributed by atoms with Crippen LogP contribution < -0.4 is 5.73 Å². The molecule has 0 saturated heterocycles. The highest BCUT2D eigenvalue weighted by atomic mass is 16.5. The molecule has 0 bridgehead atoms. The number of ether oxygens (including phenoxy) is 1. The molecular formula is C7H14NO2. The van der Waals surface area contributed by atoms with E-state index < -0.39 is 12.0 Å². The van der Waals surface area contributed by atoms with Crippen LogP contribution in [0, 0.1) is 13.0 Å². The van der Waals surface area contributed by atoms with Crippen LogP contribution in [0.3, 0.4) is 0 Å². The van der Waals surface area contributed by atoms with Crippen LogP contribution >= 0.6 is 0 Å². The third kappa shape index (κ3) is 2.35. The van der Waals surface area contributed by atoms with E-state index in [4.69, 9.17) is 5.73 Å². The molecule has 0 saturated carbocycles. The minimum Gasteiger partial charge on any atom is -0.461 e. The molecule has 0 aromatic rings. The predicted molar refractivity (Wildman–Crippen MR) is 38.9 cm³/mol. The molecular weight excluding hydrogens is 130 g/mol. The van der Waals surface area contributed by atoms with Crippen molar-refractivity contribution in [3.63, 3.8) is 0 Å². The van der Waals surface area contributed by atoms with Crippen molar-refractivity contribution in [2.45, 2.75) is 26.3 Å². The fraction of sp³-hybridized carbons (Fsp3) is 0.714. The summed E-state index contributed by atoms with van der Waals surface area (Å²) in [5.74, 6) is -0.274. The lowest BCUT2D eigenvalue weighted by Gasteiger charge is -2.14. The lowest BCUT2D eigenvalue weighted by atomic mass is 10.0. The third-order valence-corrected chi connectivity index (χ3v) is 1.67. The summed E-state index contributed by atoms with van der Waals surface area (Å²) in [5.41, 5.74) is 5.47. The van der Waals surface area contributed by atoms with Gasteiger partial charge in [-0.15, -0.1) is 0 Å². The molecule has 3 heteroatoms. The molecule has 0 amide bonds. The molecule has 0 aliphatic rings. The maximum absolute atomic E-state index is 10.7. The minimum absolute atomic E-state index is 0.161. The molecule has 0 heterocycles. The fourth-order valence-electron chi connectivity index (χ4n) is 0.582. The zero-order chi connectivity index (χ0) is 8.15. The molecule has 0 rings (SSSR count). The Morgan fingerprint density at radius 3 is 2.60 bits per heavy atom. The van der Waals surface area contributed by atoms with Gasteiger partial charge in [0.1, 0.15) is 13.2 Å². The van der Waals surface area contributed by atoms with Crippen LogP contribution in [-0.4, -0.2) is 12.0 Å². The van der Waals surface area contributed by atoms with Crippen LogP contribution in [0.5, 0.6) is 0 Å². The van der Waals surface area contributed by atoms with Gasteiger partial charge < -0.3 is 10.5 Å². The number of rotatable bonds is 3. The lowest BCUT2D eigenvalue weighted by Crippen LogP contribution is -2.37. The molecule has 1 radical (unpaired) electrons. The zero-order valence-corrected chi connectivity index (χ0v) is 6.46. The number of carbonyl (C=O) groups is 1. The Morgan fingerprint density at radius 2 is 2.30 bits per heavy atom. The van der Waals surface area contributed by atoms with Crippen molar-refractivity contribution >= 4 is 5.97 Å². The van der Waals surface area contributed by atoms with E-state index in [9.17, 15) is 4.79 Å². The summed E-state index contributed by atoms with van der Waals surface area (Å²) in [6.07, 6.45) is 0.871. The normalized spacial score (nSPS) is 16.0. The van der Waals surface area contributed by atoms with Crippen molar-refractivity contribution < 1.29 is 9.53 Å². The quantitative estimate of drug-likeness (QED) is 0.593. The Hall–Kier alpha value is -0.570. The van der Waals surface area contributed by atoms with Crippen LogP contribution in [0.15, 0.2) is 0 Å². The summed E-state index contributed by atoms with van der Waals surface area (Å²) in [5, 5.41) is 0. The predicted octanol–water partition coefficient (Wildman–Crippen LogP) is 0.695. The Balaban J connectivity index is 3.81. The van der Waals surface area contributed by atoms with Gasteiger partial charge in [-0.2, -0.15) is 0 Å². The Labute approximate surface area is 61.5 Å². The number of nitrogens with two attached hydrogens (primary N) is 1. The van der Waals surface area contributed by atoms with Crippen LogP contribution in [-0.2, 0) is 9.53 Å². The Morgan fingerprint density at radius 1 is 1.80 bits per heavy atom.